The van der Waals surface area contributed by atoms with Crippen molar-refractivity contribution in [2.45, 2.75) is 18.9 Å². The fraction of sp³-hybridized carbons (Fsp3) is 0.148. The summed E-state index contributed by atoms with van der Waals surface area (Å²) in [5, 5.41) is 3.97. The number of fused-ring (bicyclic) bond motifs is 3. The molecule has 0 aromatic heterocycles. The van der Waals surface area contributed by atoms with Crippen molar-refractivity contribution >= 4 is 39.9 Å². The van der Waals surface area contributed by atoms with Crippen LogP contribution in [0.3, 0.4) is 0 Å². The summed E-state index contributed by atoms with van der Waals surface area (Å²) in [6, 6.07) is 25.3. The van der Waals surface area contributed by atoms with Gasteiger partial charge >= 0.3 is 0 Å². The Bertz CT molecular complexity index is 1290. The Morgan fingerprint density at radius 1 is 0.969 bits per heavy atom. The van der Waals surface area contributed by atoms with Crippen molar-refractivity contribution in [2.24, 2.45) is 4.99 Å². The van der Waals surface area contributed by atoms with Crippen molar-refractivity contribution in [3.63, 3.8) is 0 Å². The summed E-state index contributed by atoms with van der Waals surface area (Å²) in [4.78, 5) is 7.58. The molecule has 3 aliphatic rings. The van der Waals surface area contributed by atoms with E-state index in [2.05, 4.69) is 58.8 Å². The summed E-state index contributed by atoms with van der Waals surface area (Å²) in [6.45, 7) is 0. The third kappa shape index (κ3) is 3.17. The molecule has 0 bridgehead atoms. The lowest BCUT2D eigenvalue weighted by Crippen LogP contribution is -2.34. The highest BCUT2D eigenvalue weighted by Gasteiger charge is 2.40. The van der Waals surface area contributed by atoms with E-state index in [0.29, 0.717) is 0 Å². The molecule has 0 radical (unpaired) electrons. The van der Waals surface area contributed by atoms with E-state index >= 15 is 0 Å². The summed E-state index contributed by atoms with van der Waals surface area (Å²) in [5.74, 6) is 0.867. The highest BCUT2D eigenvalue weighted by Crippen LogP contribution is 2.51. The maximum atomic E-state index is 6.17. The van der Waals surface area contributed by atoms with Crippen LogP contribution >= 0.6 is 23.4 Å². The monoisotopic (exact) mass is 456 g/mol. The van der Waals surface area contributed by atoms with E-state index in [1.807, 2.05) is 24.3 Å². The Kier molecular flexibility index (Phi) is 4.85. The van der Waals surface area contributed by atoms with Crippen LogP contribution in [0.5, 0.6) is 5.75 Å². The van der Waals surface area contributed by atoms with E-state index in [9.17, 15) is 0 Å². The minimum atomic E-state index is 0.0914. The first-order valence-electron chi connectivity index (χ1n) is 10.7. The molecule has 0 saturated heterocycles. The Hall–Kier alpha value is -2.95. The molecule has 3 nitrogen and oxygen atoms in total. The number of hydrogen-bond donors (Lipinski definition) is 0. The summed E-state index contributed by atoms with van der Waals surface area (Å²) in [5.41, 5.74) is 8.71. The number of aliphatic imine (C=N–C) groups is 1. The number of methoxy groups -OCH3 is 1. The van der Waals surface area contributed by atoms with Gasteiger partial charge in [-0.05, 0) is 59.4 Å². The molecule has 2 aliphatic heterocycles. The summed E-state index contributed by atoms with van der Waals surface area (Å²) in [6.07, 6.45) is 2.03. The molecule has 158 valence electrons. The highest BCUT2D eigenvalue weighted by molar-refractivity contribution is 8.16. The van der Waals surface area contributed by atoms with Crippen LogP contribution in [0, 0.1) is 0 Å². The largest absolute Gasteiger partial charge is 0.497 e. The minimum Gasteiger partial charge on any atom is -0.497 e. The van der Waals surface area contributed by atoms with Gasteiger partial charge in [0.25, 0.3) is 0 Å². The molecule has 5 heteroatoms. The van der Waals surface area contributed by atoms with Gasteiger partial charge in [0.05, 0.1) is 24.5 Å². The van der Waals surface area contributed by atoms with E-state index in [1.54, 1.807) is 18.9 Å². The standard InChI is InChI=1S/C27H21ClN2OS/c1-31-21-13-8-19(9-14-21)26-23-15-10-17-4-2-3-5-22(17)25(23)29-27-30(26)24(16-32-27)18-6-11-20(28)12-7-18/h2-9,11-14,16,26H,10,15H2,1H3/t26-/m0/s1. The molecule has 1 atom stereocenters. The number of aryl methyl sites for hydroxylation is 1. The molecule has 2 heterocycles. The first-order valence-corrected chi connectivity index (χ1v) is 11.9. The van der Waals surface area contributed by atoms with Gasteiger partial charge in [0.15, 0.2) is 5.17 Å². The van der Waals surface area contributed by atoms with Crippen LogP contribution in [0.1, 0.15) is 34.7 Å². The van der Waals surface area contributed by atoms with Gasteiger partial charge in [-0.15, -0.1) is 0 Å². The van der Waals surface area contributed by atoms with Crippen molar-refractivity contribution in [1.29, 1.82) is 0 Å². The fourth-order valence-corrected chi connectivity index (χ4v) is 5.85. The number of hydrogen-bond acceptors (Lipinski definition) is 4. The number of amidine groups is 1. The van der Waals surface area contributed by atoms with E-state index in [4.69, 9.17) is 21.3 Å². The van der Waals surface area contributed by atoms with Gasteiger partial charge in [0, 0.05) is 16.0 Å². The zero-order valence-electron chi connectivity index (χ0n) is 17.6. The van der Waals surface area contributed by atoms with Gasteiger partial charge in [0.1, 0.15) is 5.75 Å². The second-order valence-corrected chi connectivity index (χ2v) is 9.37. The smallest absolute Gasteiger partial charge is 0.174 e. The number of rotatable bonds is 3. The average molecular weight is 457 g/mol. The zero-order valence-corrected chi connectivity index (χ0v) is 19.2. The lowest BCUT2D eigenvalue weighted by Gasteiger charge is -2.39. The molecule has 0 fully saturated rings. The number of halogens is 1. The Morgan fingerprint density at radius 2 is 1.75 bits per heavy atom. The van der Waals surface area contributed by atoms with Gasteiger partial charge in [0.2, 0.25) is 0 Å². The van der Waals surface area contributed by atoms with Crippen molar-refractivity contribution in [3.8, 4) is 5.75 Å². The lowest BCUT2D eigenvalue weighted by molar-refractivity contribution is 0.413. The van der Waals surface area contributed by atoms with E-state index in [-0.39, 0.29) is 6.04 Å². The third-order valence-corrected chi connectivity index (χ3v) is 7.44. The van der Waals surface area contributed by atoms with Crippen LogP contribution in [0.2, 0.25) is 5.02 Å². The van der Waals surface area contributed by atoms with E-state index in [0.717, 1.165) is 45.7 Å². The maximum absolute atomic E-state index is 6.17. The first-order chi connectivity index (χ1) is 15.7. The highest BCUT2D eigenvalue weighted by atomic mass is 35.5. The summed E-state index contributed by atoms with van der Waals surface area (Å²) >= 11 is 7.86. The van der Waals surface area contributed by atoms with Gasteiger partial charge in [-0.25, -0.2) is 4.99 Å². The first kappa shape index (κ1) is 19.7. The van der Waals surface area contributed by atoms with Crippen molar-refractivity contribution in [2.75, 3.05) is 7.11 Å². The fourth-order valence-electron chi connectivity index (χ4n) is 4.80. The molecule has 3 aromatic rings. The average Bonchev–Trinajstić information content (AvgIpc) is 3.27. The predicted octanol–water partition coefficient (Wildman–Crippen LogP) is 7.16. The predicted molar refractivity (Wildman–Crippen MR) is 134 cm³/mol. The second-order valence-electron chi connectivity index (χ2n) is 8.10. The molecule has 3 aromatic carbocycles. The molecule has 0 N–H and O–H groups in total. The molecular formula is C27H21ClN2OS. The van der Waals surface area contributed by atoms with Gasteiger partial charge in [-0.2, -0.15) is 0 Å². The van der Waals surface area contributed by atoms with Crippen LogP contribution in [0.15, 0.2) is 88.8 Å². The van der Waals surface area contributed by atoms with Crippen LogP contribution < -0.4 is 4.74 Å². The quantitative estimate of drug-likeness (QED) is 0.417. The van der Waals surface area contributed by atoms with E-state index in [1.165, 1.54) is 22.3 Å². The van der Waals surface area contributed by atoms with Crippen molar-refractivity contribution in [3.05, 3.63) is 111 Å². The Labute approximate surface area is 197 Å². The van der Waals surface area contributed by atoms with E-state index < -0.39 is 0 Å². The Balaban J connectivity index is 1.52. The molecule has 0 saturated carbocycles. The Morgan fingerprint density at radius 3 is 2.53 bits per heavy atom. The zero-order chi connectivity index (χ0) is 21.7. The molecule has 0 spiro atoms. The minimum absolute atomic E-state index is 0.0914. The molecule has 0 unspecified atom stereocenters. The molecule has 6 rings (SSSR count). The van der Waals surface area contributed by atoms with Crippen LogP contribution in [0.4, 0.5) is 0 Å². The number of ether oxygens (including phenoxy) is 1. The summed E-state index contributed by atoms with van der Waals surface area (Å²) in [7, 11) is 1.71. The lowest BCUT2D eigenvalue weighted by atomic mass is 9.82. The van der Waals surface area contributed by atoms with Crippen molar-refractivity contribution in [1.82, 2.24) is 4.90 Å². The van der Waals surface area contributed by atoms with Gasteiger partial charge in [-0.3, -0.25) is 0 Å². The number of thioether (sulfide) groups is 1. The maximum Gasteiger partial charge on any atom is 0.174 e. The van der Waals surface area contributed by atoms with Crippen molar-refractivity contribution < 1.29 is 4.74 Å². The molecule has 32 heavy (non-hydrogen) atoms. The van der Waals surface area contributed by atoms with Crippen LogP contribution in [0.25, 0.3) is 11.4 Å². The topological polar surface area (TPSA) is 24.8 Å². The molecule has 1 aliphatic carbocycles. The molecular weight excluding hydrogens is 436 g/mol. The third-order valence-electron chi connectivity index (χ3n) is 6.35. The molecule has 0 amide bonds. The van der Waals surface area contributed by atoms with Gasteiger partial charge in [-0.1, -0.05) is 71.9 Å². The normalized spacial score (nSPS) is 19.1. The number of nitrogens with zero attached hydrogens (tertiary/aromatic N) is 2. The van der Waals surface area contributed by atoms with Crippen LogP contribution in [-0.2, 0) is 6.42 Å². The second kappa shape index (κ2) is 7.88. The SMILES string of the molecule is COc1ccc([C@H]2C3=C(N=C4SC=C(c5ccc(Cl)cc5)N42)c2ccccc2CC3)cc1. The van der Waals surface area contributed by atoms with Gasteiger partial charge < -0.3 is 9.64 Å². The summed E-state index contributed by atoms with van der Waals surface area (Å²) < 4.78 is 5.42. The van der Waals surface area contributed by atoms with Crippen LogP contribution in [-0.4, -0.2) is 17.2 Å². The number of benzene rings is 3.